The molecular weight excluding hydrogens is 568 g/mol. The zero-order chi connectivity index (χ0) is 30.7. The molecule has 0 spiro atoms. The number of amides is 3. The standard InChI is InChI=1S/C28H30N4O9S/c1-4-41-25(33)17-31-28(36)22-11-8-20(16-30-22)27(35)32-42(37,38)21-9-6-19(7-10-21)26(34)29-14-13-18-5-12-23(39-2)24(15-18)40-3/h5-12,15-16H,4,13-14,17H2,1-3H3,(H,29,34)(H,31,36)(H,32,35). The number of nitrogens with one attached hydrogen (secondary N) is 3. The fraction of sp³-hybridized carbons (Fsp3) is 0.250. The van der Waals surface area contributed by atoms with Crippen LogP contribution in [0.5, 0.6) is 11.5 Å². The number of carbonyl (C=O) groups is 4. The first-order valence-corrected chi connectivity index (χ1v) is 14.1. The molecule has 3 N–H and O–H groups in total. The molecule has 2 aromatic carbocycles. The van der Waals surface area contributed by atoms with E-state index in [1.807, 2.05) is 16.9 Å². The molecule has 222 valence electrons. The van der Waals surface area contributed by atoms with E-state index in [2.05, 4.69) is 15.6 Å². The highest BCUT2D eigenvalue weighted by atomic mass is 32.2. The summed E-state index contributed by atoms with van der Waals surface area (Å²) in [7, 11) is -1.20. The molecule has 0 aliphatic heterocycles. The van der Waals surface area contributed by atoms with Gasteiger partial charge in [0, 0.05) is 18.3 Å². The van der Waals surface area contributed by atoms with Gasteiger partial charge < -0.3 is 24.8 Å². The Hall–Kier alpha value is -4.98. The summed E-state index contributed by atoms with van der Waals surface area (Å²) in [5.74, 6) is -1.49. The second-order valence-electron chi connectivity index (χ2n) is 8.57. The van der Waals surface area contributed by atoms with Crippen LogP contribution in [0, 0.1) is 0 Å². The van der Waals surface area contributed by atoms with Crippen molar-refractivity contribution in [1.82, 2.24) is 20.3 Å². The number of ether oxygens (including phenoxy) is 3. The van der Waals surface area contributed by atoms with E-state index in [-0.39, 0.29) is 34.9 Å². The number of rotatable bonds is 13. The normalized spacial score (nSPS) is 10.7. The zero-order valence-electron chi connectivity index (χ0n) is 23.1. The number of benzene rings is 2. The molecule has 0 bridgehead atoms. The molecule has 1 aromatic heterocycles. The van der Waals surface area contributed by atoms with Crippen LogP contribution < -0.4 is 24.8 Å². The van der Waals surface area contributed by atoms with E-state index >= 15 is 0 Å². The smallest absolute Gasteiger partial charge is 0.325 e. The van der Waals surface area contributed by atoms with Gasteiger partial charge in [-0.1, -0.05) is 6.07 Å². The largest absolute Gasteiger partial charge is 0.493 e. The lowest BCUT2D eigenvalue weighted by Gasteiger charge is -2.10. The van der Waals surface area contributed by atoms with Crippen molar-refractivity contribution in [3.63, 3.8) is 0 Å². The highest BCUT2D eigenvalue weighted by Crippen LogP contribution is 2.27. The molecule has 42 heavy (non-hydrogen) atoms. The van der Waals surface area contributed by atoms with Crippen molar-refractivity contribution in [3.05, 3.63) is 83.2 Å². The van der Waals surface area contributed by atoms with E-state index < -0.39 is 33.7 Å². The van der Waals surface area contributed by atoms with Crippen molar-refractivity contribution >= 4 is 33.7 Å². The predicted octanol–water partition coefficient (Wildman–Crippen LogP) is 1.48. The molecular formula is C28H30N4O9S. The van der Waals surface area contributed by atoms with E-state index in [0.717, 1.165) is 11.8 Å². The van der Waals surface area contributed by atoms with Crippen molar-refractivity contribution in [2.75, 3.05) is 33.9 Å². The summed E-state index contributed by atoms with van der Waals surface area (Å²) in [5, 5.41) is 5.09. The van der Waals surface area contributed by atoms with Crippen LogP contribution in [-0.2, 0) is 26.0 Å². The van der Waals surface area contributed by atoms with E-state index in [9.17, 15) is 27.6 Å². The molecule has 0 saturated carbocycles. The number of hydrogen-bond acceptors (Lipinski definition) is 10. The molecule has 3 rings (SSSR count). The molecule has 0 saturated heterocycles. The SMILES string of the molecule is CCOC(=O)CNC(=O)c1ccc(C(=O)NS(=O)(=O)c2ccc(C(=O)NCCc3ccc(OC)c(OC)c3)cc2)cn1. The fourth-order valence-corrected chi connectivity index (χ4v) is 4.58. The van der Waals surface area contributed by atoms with Gasteiger partial charge in [-0.05, 0) is 67.4 Å². The Morgan fingerprint density at radius 1 is 0.810 bits per heavy atom. The lowest BCUT2D eigenvalue weighted by atomic mass is 10.1. The molecule has 3 amide bonds. The molecule has 0 unspecified atom stereocenters. The number of esters is 1. The fourth-order valence-electron chi connectivity index (χ4n) is 3.60. The lowest BCUT2D eigenvalue weighted by molar-refractivity contribution is -0.141. The molecule has 0 fully saturated rings. The summed E-state index contributed by atoms with van der Waals surface area (Å²) in [6.07, 6.45) is 1.55. The van der Waals surface area contributed by atoms with E-state index in [0.29, 0.717) is 24.5 Å². The number of carbonyl (C=O) groups excluding carboxylic acids is 4. The van der Waals surface area contributed by atoms with Gasteiger partial charge >= 0.3 is 5.97 Å². The molecule has 3 aromatic rings. The van der Waals surface area contributed by atoms with Crippen LogP contribution in [0.2, 0.25) is 0 Å². The van der Waals surface area contributed by atoms with Crippen LogP contribution in [0.1, 0.15) is 43.7 Å². The first-order valence-electron chi connectivity index (χ1n) is 12.6. The van der Waals surface area contributed by atoms with E-state index in [1.165, 1.54) is 43.5 Å². The van der Waals surface area contributed by atoms with Gasteiger partial charge in [-0.25, -0.2) is 13.1 Å². The topological polar surface area (TPSA) is 179 Å². The summed E-state index contributed by atoms with van der Waals surface area (Å²) in [5.41, 5.74) is 0.947. The number of pyridine rings is 1. The summed E-state index contributed by atoms with van der Waals surface area (Å²) < 4.78 is 42.6. The van der Waals surface area contributed by atoms with Crippen LogP contribution in [0.25, 0.3) is 0 Å². The zero-order valence-corrected chi connectivity index (χ0v) is 23.9. The minimum atomic E-state index is -4.28. The minimum Gasteiger partial charge on any atom is -0.493 e. The molecule has 0 aliphatic carbocycles. The van der Waals surface area contributed by atoms with Gasteiger partial charge in [0.2, 0.25) is 0 Å². The third kappa shape index (κ3) is 8.51. The van der Waals surface area contributed by atoms with Gasteiger partial charge in [-0.2, -0.15) is 0 Å². The average Bonchev–Trinajstić information content (AvgIpc) is 2.99. The molecule has 1 heterocycles. The Bertz CT molecular complexity index is 1540. The summed E-state index contributed by atoms with van der Waals surface area (Å²) in [6.45, 7) is 1.77. The Kier molecular flexibility index (Phi) is 11.0. The maximum atomic E-state index is 12.7. The third-order valence-electron chi connectivity index (χ3n) is 5.76. The molecule has 0 radical (unpaired) electrons. The number of methoxy groups -OCH3 is 2. The van der Waals surface area contributed by atoms with E-state index in [4.69, 9.17) is 14.2 Å². The number of hydrogen-bond donors (Lipinski definition) is 3. The van der Waals surface area contributed by atoms with Crippen LogP contribution in [0.15, 0.2) is 65.7 Å². The van der Waals surface area contributed by atoms with Crippen molar-refractivity contribution < 1.29 is 41.8 Å². The van der Waals surface area contributed by atoms with E-state index in [1.54, 1.807) is 20.1 Å². The van der Waals surface area contributed by atoms with Gasteiger partial charge in [0.15, 0.2) is 11.5 Å². The Morgan fingerprint density at radius 3 is 2.12 bits per heavy atom. The molecule has 0 atom stereocenters. The van der Waals surface area contributed by atoms with Gasteiger partial charge in [-0.15, -0.1) is 0 Å². The van der Waals surface area contributed by atoms with Crippen LogP contribution in [0.4, 0.5) is 0 Å². The Labute approximate surface area is 242 Å². The minimum absolute atomic E-state index is 0.0868. The predicted molar refractivity (Wildman–Crippen MR) is 150 cm³/mol. The number of nitrogens with zero attached hydrogens (tertiary/aromatic N) is 1. The highest BCUT2D eigenvalue weighted by molar-refractivity contribution is 7.90. The van der Waals surface area contributed by atoms with Crippen molar-refractivity contribution in [2.24, 2.45) is 0 Å². The number of sulfonamides is 1. The van der Waals surface area contributed by atoms with Crippen molar-refractivity contribution in [3.8, 4) is 11.5 Å². The summed E-state index contributed by atoms with van der Waals surface area (Å²) >= 11 is 0. The summed E-state index contributed by atoms with van der Waals surface area (Å²) in [4.78, 5) is 52.1. The maximum absolute atomic E-state index is 12.7. The quantitative estimate of drug-likeness (QED) is 0.244. The van der Waals surface area contributed by atoms with Crippen LogP contribution >= 0.6 is 0 Å². The Morgan fingerprint density at radius 2 is 1.50 bits per heavy atom. The van der Waals surface area contributed by atoms with Crippen molar-refractivity contribution in [1.29, 1.82) is 0 Å². The first-order chi connectivity index (χ1) is 20.1. The summed E-state index contributed by atoms with van der Waals surface area (Å²) in [6, 6.07) is 12.9. The Balaban J connectivity index is 1.54. The average molecular weight is 599 g/mol. The van der Waals surface area contributed by atoms with Gasteiger partial charge in [0.1, 0.15) is 12.2 Å². The number of aromatic nitrogens is 1. The monoisotopic (exact) mass is 598 g/mol. The second kappa shape index (κ2) is 14.6. The molecule has 13 nitrogen and oxygen atoms in total. The first kappa shape index (κ1) is 31.5. The third-order valence-corrected chi connectivity index (χ3v) is 7.10. The van der Waals surface area contributed by atoms with Crippen molar-refractivity contribution in [2.45, 2.75) is 18.2 Å². The van der Waals surface area contributed by atoms with Gasteiger partial charge in [0.05, 0.1) is 31.3 Å². The molecule has 0 aliphatic rings. The molecule has 14 heteroatoms. The van der Waals surface area contributed by atoms with Crippen LogP contribution in [0.3, 0.4) is 0 Å². The second-order valence-corrected chi connectivity index (χ2v) is 10.3. The van der Waals surface area contributed by atoms with Gasteiger partial charge in [-0.3, -0.25) is 24.2 Å². The maximum Gasteiger partial charge on any atom is 0.325 e. The van der Waals surface area contributed by atoms with Crippen LogP contribution in [-0.4, -0.2) is 71.0 Å². The highest BCUT2D eigenvalue weighted by Gasteiger charge is 2.20. The van der Waals surface area contributed by atoms with Gasteiger partial charge in [0.25, 0.3) is 27.7 Å². The lowest BCUT2D eigenvalue weighted by Crippen LogP contribution is -2.32.